The van der Waals surface area contributed by atoms with E-state index in [2.05, 4.69) is 5.32 Å². The summed E-state index contributed by atoms with van der Waals surface area (Å²) in [5, 5.41) is 1.75. The van der Waals surface area contributed by atoms with Crippen molar-refractivity contribution in [3.8, 4) is 11.5 Å². The molecule has 0 bridgehead atoms. The molecule has 2 amide bonds. The van der Waals surface area contributed by atoms with E-state index in [0.717, 1.165) is 11.8 Å². The van der Waals surface area contributed by atoms with Crippen LogP contribution in [0, 0.1) is 5.82 Å². The number of esters is 1. The average molecular weight is 401 g/mol. The number of carbonyl (C=O) groups is 3. The Morgan fingerprint density at radius 2 is 2.00 bits per heavy atom. The van der Waals surface area contributed by atoms with E-state index in [1.165, 1.54) is 18.2 Å². The molecule has 1 saturated heterocycles. The van der Waals surface area contributed by atoms with Gasteiger partial charge in [-0.3, -0.25) is 19.7 Å². The molecule has 8 heteroatoms. The van der Waals surface area contributed by atoms with Gasteiger partial charge in [-0.05, 0) is 60.2 Å². The SMILES string of the molecule is CCOc1cc(C=C2SC(=O)NC2=O)ccc1OC(=O)Cc1cccc(F)c1. The lowest BCUT2D eigenvalue weighted by atomic mass is 10.1. The number of amides is 2. The summed E-state index contributed by atoms with van der Waals surface area (Å²) in [5.74, 6) is -0.915. The van der Waals surface area contributed by atoms with Gasteiger partial charge in [0.1, 0.15) is 5.82 Å². The third kappa shape index (κ3) is 4.98. The molecular formula is C20H16FNO5S. The topological polar surface area (TPSA) is 81.7 Å². The van der Waals surface area contributed by atoms with Gasteiger partial charge in [0.25, 0.3) is 11.1 Å². The van der Waals surface area contributed by atoms with Gasteiger partial charge in [0.15, 0.2) is 11.5 Å². The lowest BCUT2D eigenvalue weighted by Crippen LogP contribution is -2.17. The molecule has 0 radical (unpaired) electrons. The van der Waals surface area contributed by atoms with Crippen LogP contribution in [0.4, 0.5) is 9.18 Å². The molecule has 28 heavy (non-hydrogen) atoms. The highest BCUT2D eigenvalue weighted by Crippen LogP contribution is 2.32. The molecule has 6 nitrogen and oxygen atoms in total. The van der Waals surface area contributed by atoms with Gasteiger partial charge in [-0.1, -0.05) is 18.2 Å². The molecule has 1 fully saturated rings. The van der Waals surface area contributed by atoms with Gasteiger partial charge in [-0.15, -0.1) is 0 Å². The lowest BCUT2D eigenvalue weighted by Gasteiger charge is -2.11. The maximum Gasteiger partial charge on any atom is 0.315 e. The summed E-state index contributed by atoms with van der Waals surface area (Å²) in [7, 11) is 0. The predicted molar refractivity (Wildman–Crippen MR) is 102 cm³/mol. The van der Waals surface area contributed by atoms with Gasteiger partial charge in [-0.25, -0.2) is 4.39 Å². The number of imide groups is 1. The number of rotatable bonds is 6. The highest BCUT2D eigenvalue weighted by Gasteiger charge is 2.25. The molecule has 1 aliphatic rings. The molecule has 1 N–H and O–H groups in total. The van der Waals surface area contributed by atoms with E-state index in [1.54, 1.807) is 37.3 Å². The molecule has 2 aromatic carbocycles. The molecule has 0 saturated carbocycles. The van der Waals surface area contributed by atoms with Crippen molar-refractivity contribution in [2.24, 2.45) is 0 Å². The van der Waals surface area contributed by atoms with E-state index in [-0.39, 0.29) is 17.1 Å². The zero-order chi connectivity index (χ0) is 20.1. The normalized spacial score (nSPS) is 14.9. The first-order chi connectivity index (χ1) is 13.4. The Kier molecular flexibility index (Phi) is 6.10. The van der Waals surface area contributed by atoms with Gasteiger partial charge >= 0.3 is 5.97 Å². The smallest absolute Gasteiger partial charge is 0.315 e. The van der Waals surface area contributed by atoms with E-state index in [9.17, 15) is 18.8 Å². The van der Waals surface area contributed by atoms with Crippen LogP contribution in [0.1, 0.15) is 18.1 Å². The number of ether oxygens (including phenoxy) is 2. The third-order valence-corrected chi connectivity index (χ3v) is 4.48. The minimum atomic E-state index is -0.561. The monoisotopic (exact) mass is 401 g/mol. The Morgan fingerprint density at radius 3 is 2.68 bits per heavy atom. The summed E-state index contributed by atoms with van der Waals surface area (Å²) in [6, 6.07) is 10.5. The lowest BCUT2D eigenvalue weighted by molar-refractivity contribution is -0.133. The Bertz CT molecular complexity index is 973. The summed E-state index contributed by atoms with van der Waals surface area (Å²) in [5.41, 5.74) is 1.11. The van der Waals surface area contributed by atoms with Crippen LogP contribution in [-0.2, 0) is 16.0 Å². The zero-order valence-corrected chi connectivity index (χ0v) is 15.7. The minimum absolute atomic E-state index is 0.0892. The molecule has 0 aromatic heterocycles. The van der Waals surface area contributed by atoms with Crippen molar-refractivity contribution in [2.75, 3.05) is 6.61 Å². The fraction of sp³-hybridized carbons (Fsp3) is 0.150. The largest absolute Gasteiger partial charge is 0.490 e. The standard InChI is InChI=1S/C20H16FNO5S/c1-2-26-16-9-13(10-17-19(24)22-20(25)28-17)6-7-15(16)27-18(23)11-12-4-3-5-14(21)8-12/h3-10H,2,11H2,1H3,(H,22,24,25). The van der Waals surface area contributed by atoms with Gasteiger partial charge in [0.05, 0.1) is 17.9 Å². The quantitative estimate of drug-likeness (QED) is 0.452. The first-order valence-corrected chi connectivity index (χ1v) is 9.23. The number of benzene rings is 2. The van der Waals surface area contributed by atoms with Crippen molar-refractivity contribution in [3.63, 3.8) is 0 Å². The fourth-order valence-corrected chi connectivity index (χ4v) is 3.19. The van der Waals surface area contributed by atoms with E-state index in [1.807, 2.05) is 0 Å². The molecule has 1 aliphatic heterocycles. The van der Waals surface area contributed by atoms with E-state index in [0.29, 0.717) is 23.5 Å². The van der Waals surface area contributed by atoms with Gasteiger partial charge in [0, 0.05) is 0 Å². The Morgan fingerprint density at radius 1 is 1.18 bits per heavy atom. The Labute approximate surface area is 164 Å². The fourth-order valence-electron chi connectivity index (χ4n) is 2.51. The number of hydrogen-bond acceptors (Lipinski definition) is 6. The second-order valence-corrected chi connectivity index (χ2v) is 6.79. The zero-order valence-electron chi connectivity index (χ0n) is 14.9. The van der Waals surface area contributed by atoms with Crippen LogP contribution >= 0.6 is 11.8 Å². The van der Waals surface area contributed by atoms with E-state index >= 15 is 0 Å². The first kappa shape index (κ1) is 19.6. The van der Waals surface area contributed by atoms with Crippen molar-refractivity contribution in [2.45, 2.75) is 13.3 Å². The van der Waals surface area contributed by atoms with E-state index in [4.69, 9.17) is 9.47 Å². The second kappa shape index (κ2) is 8.71. The Balaban J connectivity index is 1.77. The molecule has 0 atom stereocenters. The van der Waals surface area contributed by atoms with Crippen LogP contribution in [0.5, 0.6) is 11.5 Å². The summed E-state index contributed by atoms with van der Waals surface area (Å²) >= 11 is 0.810. The van der Waals surface area contributed by atoms with Gasteiger partial charge < -0.3 is 9.47 Å². The predicted octanol–water partition coefficient (Wildman–Crippen LogP) is 3.70. The third-order valence-electron chi connectivity index (χ3n) is 3.67. The van der Waals surface area contributed by atoms with Crippen molar-refractivity contribution in [1.82, 2.24) is 5.32 Å². The summed E-state index contributed by atoms with van der Waals surface area (Å²) in [4.78, 5) is 35.4. The molecule has 0 aliphatic carbocycles. The van der Waals surface area contributed by atoms with Crippen LogP contribution in [0.25, 0.3) is 6.08 Å². The summed E-state index contributed by atoms with van der Waals surface area (Å²) in [6.07, 6.45) is 1.46. The van der Waals surface area contributed by atoms with Gasteiger partial charge in [0.2, 0.25) is 0 Å². The van der Waals surface area contributed by atoms with Crippen LogP contribution in [0.3, 0.4) is 0 Å². The molecule has 0 spiro atoms. The van der Waals surface area contributed by atoms with Crippen LogP contribution in [0.2, 0.25) is 0 Å². The van der Waals surface area contributed by atoms with E-state index < -0.39 is 22.9 Å². The minimum Gasteiger partial charge on any atom is -0.490 e. The second-order valence-electron chi connectivity index (χ2n) is 5.77. The Hall–Kier alpha value is -3.13. The number of hydrogen-bond donors (Lipinski definition) is 1. The van der Waals surface area contributed by atoms with Crippen molar-refractivity contribution >= 4 is 35.0 Å². The van der Waals surface area contributed by atoms with Crippen LogP contribution in [-0.4, -0.2) is 23.7 Å². The number of thioether (sulfide) groups is 1. The van der Waals surface area contributed by atoms with Crippen molar-refractivity contribution in [1.29, 1.82) is 0 Å². The molecule has 0 unspecified atom stereocenters. The maximum absolute atomic E-state index is 13.2. The number of carbonyl (C=O) groups excluding carboxylic acids is 3. The molecule has 1 heterocycles. The summed E-state index contributed by atoms with van der Waals surface area (Å²) in [6.45, 7) is 2.12. The first-order valence-electron chi connectivity index (χ1n) is 8.41. The van der Waals surface area contributed by atoms with Crippen LogP contribution < -0.4 is 14.8 Å². The molecular weight excluding hydrogens is 385 g/mol. The highest BCUT2D eigenvalue weighted by molar-refractivity contribution is 8.18. The van der Waals surface area contributed by atoms with Crippen LogP contribution in [0.15, 0.2) is 47.4 Å². The molecule has 144 valence electrons. The maximum atomic E-state index is 13.2. The number of halogens is 1. The average Bonchev–Trinajstić information content (AvgIpc) is 2.94. The summed E-state index contributed by atoms with van der Waals surface area (Å²) < 4.78 is 24.1. The van der Waals surface area contributed by atoms with Crippen molar-refractivity contribution < 1.29 is 28.2 Å². The highest BCUT2D eigenvalue weighted by atomic mass is 32.2. The molecule has 3 rings (SSSR count). The number of nitrogens with one attached hydrogen (secondary N) is 1. The van der Waals surface area contributed by atoms with Gasteiger partial charge in [-0.2, -0.15) is 0 Å². The van der Waals surface area contributed by atoms with Crippen molar-refractivity contribution in [3.05, 3.63) is 64.3 Å². The molecule has 2 aromatic rings.